The second-order valence-electron chi connectivity index (χ2n) is 11.6. The number of hydrogen-bond donors (Lipinski definition) is 1. The fraction of sp³-hybridized carbons (Fsp3) is 0.400. The molecule has 3 aromatic heterocycles. The molecule has 0 spiro atoms. The number of halogens is 1. The molecule has 1 aliphatic heterocycles. The fourth-order valence-electron chi connectivity index (χ4n) is 4.94. The number of amides is 2. The van der Waals surface area contributed by atoms with Crippen LogP contribution in [0.2, 0.25) is 5.15 Å². The molecule has 220 valence electrons. The standard InChI is InChI=1S/C30H33ClN6O4S/c1-18-17-42-25(32-18)22-12-9-13-37(22)26(38)20-14-21(33-23(31)15-20)24-35-36-27(40-24)30(5,16-19-10-7-6-8-11-19)34-28(39)41-29(2,3)4/h6-8,10-11,14-15,17,22H,9,12-13,16H2,1-5H3,(H,34,39)/t22?,30-/m0/s1. The van der Waals surface area contributed by atoms with Gasteiger partial charge in [0.2, 0.25) is 5.89 Å². The number of rotatable bonds is 7. The Morgan fingerprint density at radius 2 is 1.90 bits per heavy atom. The van der Waals surface area contributed by atoms with Gasteiger partial charge in [0, 0.05) is 29.6 Å². The molecule has 0 saturated carbocycles. The quantitative estimate of drug-likeness (QED) is 0.236. The number of alkyl carbamates (subject to hydrolysis) is 1. The van der Waals surface area contributed by atoms with Crippen molar-refractivity contribution in [1.82, 2.24) is 30.4 Å². The lowest BCUT2D eigenvalue weighted by Crippen LogP contribution is -2.47. The summed E-state index contributed by atoms with van der Waals surface area (Å²) in [5.41, 5.74) is 0.698. The average molecular weight is 609 g/mol. The minimum atomic E-state index is -1.11. The van der Waals surface area contributed by atoms with Crippen LogP contribution >= 0.6 is 22.9 Å². The molecule has 0 aliphatic carbocycles. The van der Waals surface area contributed by atoms with Gasteiger partial charge in [-0.05, 0) is 65.2 Å². The fourth-order valence-corrected chi connectivity index (χ4v) is 6.09. The van der Waals surface area contributed by atoms with Crippen molar-refractivity contribution in [2.24, 2.45) is 0 Å². The first kappa shape index (κ1) is 29.7. The Balaban J connectivity index is 1.44. The molecule has 1 unspecified atom stereocenters. The average Bonchev–Trinajstić information content (AvgIpc) is 3.68. The molecule has 1 fully saturated rings. The molecule has 1 aliphatic rings. The van der Waals surface area contributed by atoms with E-state index in [1.807, 2.05) is 47.5 Å². The topological polar surface area (TPSA) is 123 Å². The Hall–Kier alpha value is -3.83. The van der Waals surface area contributed by atoms with Crippen molar-refractivity contribution in [3.63, 3.8) is 0 Å². The highest BCUT2D eigenvalue weighted by Crippen LogP contribution is 2.36. The van der Waals surface area contributed by atoms with E-state index in [4.69, 9.17) is 20.8 Å². The maximum Gasteiger partial charge on any atom is 0.408 e. The minimum absolute atomic E-state index is 0.0698. The Morgan fingerprint density at radius 3 is 2.60 bits per heavy atom. The van der Waals surface area contributed by atoms with E-state index in [1.165, 1.54) is 6.07 Å². The third kappa shape index (κ3) is 6.79. The summed E-state index contributed by atoms with van der Waals surface area (Å²) in [5.74, 6) is 0.0529. The number of carbonyl (C=O) groups is 2. The van der Waals surface area contributed by atoms with Gasteiger partial charge in [-0.2, -0.15) is 0 Å². The van der Waals surface area contributed by atoms with Crippen LogP contribution in [0.25, 0.3) is 11.6 Å². The molecule has 42 heavy (non-hydrogen) atoms. The number of nitrogens with zero attached hydrogens (tertiary/aromatic N) is 5. The van der Waals surface area contributed by atoms with Crippen LogP contribution < -0.4 is 5.32 Å². The third-order valence-electron chi connectivity index (χ3n) is 6.77. The van der Waals surface area contributed by atoms with Gasteiger partial charge in [-0.25, -0.2) is 14.8 Å². The lowest BCUT2D eigenvalue weighted by molar-refractivity contribution is 0.0443. The van der Waals surface area contributed by atoms with Crippen LogP contribution in [0.5, 0.6) is 0 Å². The number of aryl methyl sites for hydroxylation is 1. The van der Waals surface area contributed by atoms with Crippen LogP contribution in [-0.2, 0) is 16.7 Å². The second kappa shape index (κ2) is 11.8. The van der Waals surface area contributed by atoms with Crippen molar-refractivity contribution >= 4 is 34.9 Å². The van der Waals surface area contributed by atoms with Gasteiger partial charge in [-0.15, -0.1) is 21.5 Å². The van der Waals surface area contributed by atoms with Gasteiger partial charge in [0.25, 0.3) is 11.8 Å². The molecule has 2 amide bonds. The third-order valence-corrected chi connectivity index (χ3v) is 8.03. The molecule has 4 aromatic rings. The van der Waals surface area contributed by atoms with E-state index in [1.54, 1.807) is 45.1 Å². The van der Waals surface area contributed by atoms with Crippen molar-refractivity contribution < 1.29 is 18.7 Å². The van der Waals surface area contributed by atoms with Crippen molar-refractivity contribution in [1.29, 1.82) is 0 Å². The van der Waals surface area contributed by atoms with Crippen LogP contribution in [0, 0.1) is 6.92 Å². The Bertz CT molecular complexity index is 1580. The Labute approximate surface area is 253 Å². The van der Waals surface area contributed by atoms with E-state index in [9.17, 15) is 9.59 Å². The molecule has 2 atom stereocenters. The summed E-state index contributed by atoms with van der Waals surface area (Å²) in [5, 5.41) is 14.4. The molecule has 0 radical (unpaired) electrons. The lowest BCUT2D eigenvalue weighted by atomic mass is 9.92. The molecule has 1 aromatic carbocycles. The Kier molecular flexibility index (Phi) is 8.34. The number of pyridine rings is 1. The predicted molar refractivity (Wildman–Crippen MR) is 159 cm³/mol. The number of thiazole rings is 1. The number of aromatic nitrogens is 4. The molecule has 0 bridgehead atoms. The monoisotopic (exact) mass is 608 g/mol. The number of carbonyl (C=O) groups excluding carboxylic acids is 2. The summed E-state index contributed by atoms with van der Waals surface area (Å²) in [6.07, 6.45) is 1.47. The van der Waals surface area contributed by atoms with E-state index in [-0.39, 0.29) is 34.6 Å². The van der Waals surface area contributed by atoms with Crippen LogP contribution in [0.1, 0.15) is 79.1 Å². The highest BCUT2D eigenvalue weighted by Gasteiger charge is 2.37. The Morgan fingerprint density at radius 1 is 1.14 bits per heavy atom. The van der Waals surface area contributed by atoms with Crippen LogP contribution in [0.4, 0.5) is 4.79 Å². The smallest absolute Gasteiger partial charge is 0.408 e. The number of ether oxygens (including phenoxy) is 1. The summed E-state index contributed by atoms with van der Waals surface area (Å²) in [4.78, 5) is 37.3. The van der Waals surface area contributed by atoms with Gasteiger partial charge in [0.1, 0.15) is 27.0 Å². The number of benzene rings is 1. The largest absolute Gasteiger partial charge is 0.444 e. The zero-order valence-electron chi connectivity index (χ0n) is 24.2. The maximum atomic E-state index is 13.7. The first-order valence-electron chi connectivity index (χ1n) is 13.7. The molecule has 1 saturated heterocycles. The van der Waals surface area contributed by atoms with Crippen molar-refractivity contribution in [2.45, 2.75) is 71.1 Å². The molecule has 1 N–H and O–H groups in total. The molecular weight excluding hydrogens is 576 g/mol. The van der Waals surface area contributed by atoms with Crippen LogP contribution in [-0.4, -0.2) is 49.2 Å². The summed E-state index contributed by atoms with van der Waals surface area (Å²) in [6, 6.07) is 12.7. The summed E-state index contributed by atoms with van der Waals surface area (Å²) in [6.45, 7) is 9.72. The highest BCUT2D eigenvalue weighted by atomic mass is 35.5. The SMILES string of the molecule is Cc1csc(C2CCCN2C(=O)c2cc(Cl)nc(-c3nnc([C@](C)(Cc4ccccc4)NC(=O)OC(C)(C)C)o3)c2)n1. The van der Waals surface area contributed by atoms with E-state index in [2.05, 4.69) is 25.5 Å². The van der Waals surface area contributed by atoms with Crippen LogP contribution in [0.3, 0.4) is 0 Å². The van der Waals surface area contributed by atoms with Gasteiger partial charge in [-0.3, -0.25) is 4.79 Å². The van der Waals surface area contributed by atoms with Crippen molar-refractivity contribution in [3.05, 3.63) is 80.7 Å². The van der Waals surface area contributed by atoms with Gasteiger partial charge in [-0.1, -0.05) is 41.9 Å². The van der Waals surface area contributed by atoms with E-state index < -0.39 is 17.2 Å². The summed E-state index contributed by atoms with van der Waals surface area (Å²) < 4.78 is 11.6. The zero-order valence-corrected chi connectivity index (χ0v) is 25.8. The highest BCUT2D eigenvalue weighted by molar-refractivity contribution is 7.09. The van der Waals surface area contributed by atoms with Gasteiger partial charge >= 0.3 is 6.09 Å². The van der Waals surface area contributed by atoms with Crippen LogP contribution in [0.15, 0.2) is 52.3 Å². The molecule has 4 heterocycles. The maximum absolute atomic E-state index is 13.7. The summed E-state index contributed by atoms with van der Waals surface area (Å²) in [7, 11) is 0. The van der Waals surface area contributed by atoms with E-state index >= 15 is 0 Å². The zero-order chi connectivity index (χ0) is 30.1. The summed E-state index contributed by atoms with van der Waals surface area (Å²) >= 11 is 7.95. The molecule has 12 heteroatoms. The van der Waals surface area contributed by atoms with E-state index in [0.717, 1.165) is 29.1 Å². The predicted octanol–water partition coefficient (Wildman–Crippen LogP) is 6.51. The normalized spacial score (nSPS) is 16.7. The number of nitrogens with one attached hydrogen (secondary N) is 1. The van der Waals surface area contributed by atoms with Crippen molar-refractivity contribution in [3.8, 4) is 11.6 Å². The molecule has 5 rings (SSSR count). The lowest BCUT2D eigenvalue weighted by Gasteiger charge is -2.29. The minimum Gasteiger partial charge on any atom is -0.444 e. The second-order valence-corrected chi connectivity index (χ2v) is 12.9. The number of likely N-dealkylation sites (tertiary alicyclic amines) is 1. The van der Waals surface area contributed by atoms with Gasteiger partial charge in [0.15, 0.2) is 0 Å². The first-order chi connectivity index (χ1) is 19.9. The molecule has 10 nitrogen and oxygen atoms in total. The molecular formula is C30H33ClN6O4S. The number of hydrogen-bond acceptors (Lipinski definition) is 9. The van der Waals surface area contributed by atoms with Gasteiger partial charge in [0.05, 0.1) is 6.04 Å². The van der Waals surface area contributed by atoms with Gasteiger partial charge < -0.3 is 19.4 Å². The van der Waals surface area contributed by atoms with Crippen molar-refractivity contribution in [2.75, 3.05) is 6.54 Å². The van der Waals surface area contributed by atoms with E-state index in [0.29, 0.717) is 18.5 Å². The first-order valence-corrected chi connectivity index (χ1v) is 15.0.